The summed E-state index contributed by atoms with van der Waals surface area (Å²) in [6.45, 7) is 3.86. The second kappa shape index (κ2) is 3.56. The Morgan fingerprint density at radius 2 is 2.06 bits per heavy atom. The Kier molecular flexibility index (Phi) is 2.34. The zero-order chi connectivity index (χ0) is 11.9. The van der Waals surface area contributed by atoms with Gasteiger partial charge in [-0.1, -0.05) is 0 Å². The van der Waals surface area contributed by atoms with Crippen molar-refractivity contribution in [2.45, 2.75) is 13.8 Å². The molecular formula is C12H13NO3. The third-order valence-electron chi connectivity index (χ3n) is 2.73. The lowest BCUT2D eigenvalue weighted by molar-refractivity contribution is 0.0691. The Balaban J connectivity index is 2.78. The van der Waals surface area contributed by atoms with Gasteiger partial charge in [0.05, 0.1) is 12.6 Å². The lowest BCUT2D eigenvalue weighted by Gasteiger charge is -2.08. The number of fused-ring (bicyclic) bond motifs is 1. The topological polar surface area (TPSA) is 62.3 Å². The Morgan fingerprint density at radius 3 is 2.62 bits per heavy atom. The van der Waals surface area contributed by atoms with Crippen molar-refractivity contribution in [2.75, 3.05) is 7.11 Å². The number of aromatic carboxylic acids is 1. The normalized spacial score (nSPS) is 10.7. The fraction of sp³-hybridized carbons (Fsp3) is 0.250. The van der Waals surface area contributed by atoms with Crippen molar-refractivity contribution in [3.63, 3.8) is 0 Å². The maximum Gasteiger partial charge on any atom is 0.352 e. The molecule has 0 saturated heterocycles. The average Bonchev–Trinajstić information content (AvgIpc) is 2.62. The molecule has 0 amide bonds. The molecule has 1 heterocycles. The van der Waals surface area contributed by atoms with E-state index in [-0.39, 0.29) is 5.69 Å². The van der Waals surface area contributed by atoms with Crippen LogP contribution in [0.25, 0.3) is 10.9 Å². The number of carboxylic acid groups (broad SMARTS) is 1. The predicted molar refractivity (Wildman–Crippen MR) is 61.3 cm³/mol. The van der Waals surface area contributed by atoms with Gasteiger partial charge in [-0.3, -0.25) is 0 Å². The number of aromatic nitrogens is 1. The van der Waals surface area contributed by atoms with Crippen molar-refractivity contribution in [3.8, 4) is 5.75 Å². The molecular weight excluding hydrogens is 206 g/mol. The number of nitrogens with one attached hydrogen (secondary N) is 1. The van der Waals surface area contributed by atoms with Crippen LogP contribution in [0, 0.1) is 13.8 Å². The van der Waals surface area contributed by atoms with Crippen molar-refractivity contribution in [1.29, 1.82) is 0 Å². The van der Waals surface area contributed by atoms with Gasteiger partial charge in [-0.2, -0.15) is 0 Å². The van der Waals surface area contributed by atoms with Gasteiger partial charge in [0.15, 0.2) is 0 Å². The fourth-order valence-electron chi connectivity index (χ4n) is 2.03. The van der Waals surface area contributed by atoms with Crippen LogP contribution in [0.3, 0.4) is 0 Å². The maximum absolute atomic E-state index is 10.9. The summed E-state index contributed by atoms with van der Waals surface area (Å²) >= 11 is 0. The molecule has 4 nitrogen and oxygen atoms in total. The first kappa shape index (κ1) is 10.5. The first-order chi connectivity index (χ1) is 7.54. The number of hydrogen-bond acceptors (Lipinski definition) is 2. The molecule has 0 saturated carbocycles. The van der Waals surface area contributed by atoms with Gasteiger partial charge in [0.2, 0.25) is 0 Å². The summed E-state index contributed by atoms with van der Waals surface area (Å²) in [5.74, 6) is -0.154. The van der Waals surface area contributed by atoms with Gasteiger partial charge in [0.25, 0.3) is 0 Å². The Labute approximate surface area is 92.9 Å². The number of carboxylic acids is 1. The Bertz CT molecular complexity index is 569. The quantitative estimate of drug-likeness (QED) is 0.815. The highest BCUT2D eigenvalue weighted by Crippen LogP contribution is 2.30. The summed E-state index contributed by atoms with van der Waals surface area (Å²) in [5.41, 5.74) is 2.96. The number of ether oxygens (including phenoxy) is 1. The summed E-state index contributed by atoms with van der Waals surface area (Å²) in [6.07, 6.45) is 0. The molecule has 2 rings (SSSR count). The van der Waals surface area contributed by atoms with Crippen LogP contribution in [0.4, 0.5) is 0 Å². The van der Waals surface area contributed by atoms with Crippen LogP contribution in [-0.2, 0) is 0 Å². The zero-order valence-corrected chi connectivity index (χ0v) is 9.42. The van der Waals surface area contributed by atoms with E-state index in [0.29, 0.717) is 0 Å². The second-order valence-corrected chi connectivity index (χ2v) is 3.80. The van der Waals surface area contributed by atoms with Crippen LogP contribution >= 0.6 is 0 Å². The molecule has 1 aromatic carbocycles. The third kappa shape index (κ3) is 1.43. The molecule has 1 aromatic heterocycles. The molecule has 0 spiro atoms. The van der Waals surface area contributed by atoms with Crippen molar-refractivity contribution in [2.24, 2.45) is 0 Å². The number of benzene rings is 1. The molecule has 84 valence electrons. The van der Waals surface area contributed by atoms with Gasteiger partial charge in [0.1, 0.15) is 11.4 Å². The standard InChI is InChI=1S/C12H13NO3/c1-6-4-8-5-9(12(14)15)13-10(8)7(2)11(6)16-3/h4-5,13H,1-3H3,(H,14,15). The first-order valence-corrected chi connectivity index (χ1v) is 4.94. The summed E-state index contributed by atoms with van der Waals surface area (Å²) in [6, 6.07) is 3.56. The largest absolute Gasteiger partial charge is 0.496 e. The molecule has 0 unspecified atom stereocenters. The van der Waals surface area contributed by atoms with Gasteiger partial charge in [-0.15, -0.1) is 0 Å². The van der Waals surface area contributed by atoms with Gasteiger partial charge in [0, 0.05) is 10.9 Å². The SMILES string of the molecule is COc1c(C)cc2cc(C(=O)O)[nH]c2c1C. The van der Waals surface area contributed by atoms with Crippen molar-refractivity contribution >= 4 is 16.9 Å². The highest BCUT2D eigenvalue weighted by Gasteiger charge is 2.13. The lowest BCUT2D eigenvalue weighted by atomic mass is 10.1. The highest BCUT2D eigenvalue weighted by molar-refractivity contribution is 5.95. The highest BCUT2D eigenvalue weighted by atomic mass is 16.5. The molecule has 0 fully saturated rings. The van der Waals surface area contributed by atoms with Crippen molar-refractivity contribution in [1.82, 2.24) is 4.98 Å². The number of aryl methyl sites for hydroxylation is 2. The molecule has 0 aliphatic rings. The maximum atomic E-state index is 10.9. The molecule has 0 aliphatic heterocycles. The van der Waals surface area contributed by atoms with Crippen LogP contribution < -0.4 is 4.74 Å². The van der Waals surface area contributed by atoms with Crippen LogP contribution in [0.15, 0.2) is 12.1 Å². The second-order valence-electron chi connectivity index (χ2n) is 3.80. The number of carbonyl (C=O) groups is 1. The molecule has 0 aliphatic carbocycles. The van der Waals surface area contributed by atoms with E-state index in [2.05, 4.69) is 4.98 Å². The Morgan fingerprint density at radius 1 is 1.38 bits per heavy atom. The van der Waals surface area contributed by atoms with E-state index in [1.165, 1.54) is 0 Å². The minimum atomic E-state index is -0.952. The van der Waals surface area contributed by atoms with Crippen molar-refractivity contribution in [3.05, 3.63) is 29.0 Å². The zero-order valence-electron chi connectivity index (χ0n) is 9.42. The van der Waals surface area contributed by atoms with E-state index in [1.807, 2.05) is 19.9 Å². The molecule has 0 atom stereocenters. The smallest absolute Gasteiger partial charge is 0.352 e. The number of aromatic amines is 1. The molecule has 0 bridgehead atoms. The van der Waals surface area contributed by atoms with Crippen LogP contribution in [0.2, 0.25) is 0 Å². The van der Waals surface area contributed by atoms with Gasteiger partial charge in [-0.25, -0.2) is 4.79 Å². The average molecular weight is 219 g/mol. The summed E-state index contributed by atoms with van der Waals surface area (Å²) < 4.78 is 5.29. The van der Waals surface area contributed by atoms with Crippen molar-refractivity contribution < 1.29 is 14.6 Å². The molecule has 2 N–H and O–H groups in total. The molecule has 2 aromatic rings. The summed E-state index contributed by atoms with van der Waals surface area (Å²) in [4.78, 5) is 13.7. The third-order valence-corrected chi connectivity index (χ3v) is 2.73. The number of rotatable bonds is 2. The predicted octanol–water partition coefficient (Wildman–Crippen LogP) is 2.49. The first-order valence-electron chi connectivity index (χ1n) is 4.94. The molecule has 0 radical (unpaired) electrons. The summed E-state index contributed by atoms with van der Waals surface area (Å²) in [5, 5.41) is 9.81. The van der Waals surface area contributed by atoms with E-state index < -0.39 is 5.97 Å². The fourth-order valence-corrected chi connectivity index (χ4v) is 2.03. The van der Waals surface area contributed by atoms with E-state index >= 15 is 0 Å². The van der Waals surface area contributed by atoms with E-state index in [1.54, 1.807) is 13.2 Å². The number of hydrogen-bond donors (Lipinski definition) is 2. The van der Waals surface area contributed by atoms with Crippen LogP contribution in [-0.4, -0.2) is 23.2 Å². The summed E-state index contributed by atoms with van der Waals surface area (Å²) in [7, 11) is 1.61. The van der Waals surface area contributed by atoms with E-state index in [9.17, 15) is 4.79 Å². The molecule has 16 heavy (non-hydrogen) atoms. The van der Waals surface area contributed by atoms with Crippen LogP contribution in [0.1, 0.15) is 21.6 Å². The molecule has 4 heteroatoms. The Hall–Kier alpha value is -1.97. The number of H-pyrrole nitrogens is 1. The van der Waals surface area contributed by atoms with E-state index in [4.69, 9.17) is 9.84 Å². The van der Waals surface area contributed by atoms with E-state index in [0.717, 1.165) is 27.8 Å². The minimum absolute atomic E-state index is 0.200. The van der Waals surface area contributed by atoms with Gasteiger partial charge in [-0.05, 0) is 31.5 Å². The van der Waals surface area contributed by atoms with Gasteiger partial charge < -0.3 is 14.8 Å². The minimum Gasteiger partial charge on any atom is -0.496 e. The monoisotopic (exact) mass is 219 g/mol. The lowest BCUT2D eigenvalue weighted by Crippen LogP contribution is -1.95. The van der Waals surface area contributed by atoms with Gasteiger partial charge >= 0.3 is 5.97 Å². The van der Waals surface area contributed by atoms with Crippen LogP contribution in [0.5, 0.6) is 5.75 Å². The number of methoxy groups -OCH3 is 1.